The van der Waals surface area contributed by atoms with E-state index in [0.29, 0.717) is 42.3 Å². The Kier molecular flexibility index (Phi) is 2.82. The maximum atomic E-state index is 13.7. The molecule has 6 aliphatic rings. The van der Waals surface area contributed by atoms with Crippen molar-refractivity contribution in [3.8, 4) is 0 Å². The third kappa shape index (κ3) is 1.66. The van der Waals surface area contributed by atoms with Crippen LogP contribution in [0.4, 0.5) is 0 Å². The van der Waals surface area contributed by atoms with E-state index >= 15 is 0 Å². The van der Waals surface area contributed by atoms with E-state index in [-0.39, 0.29) is 29.0 Å². The van der Waals surface area contributed by atoms with Gasteiger partial charge in [-0.1, -0.05) is 6.92 Å². The van der Waals surface area contributed by atoms with Gasteiger partial charge in [-0.05, 0) is 24.5 Å². The molecule has 0 amide bonds. The molecule has 4 atom stereocenters. The highest BCUT2D eigenvalue weighted by molar-refractivity contribution is 6.18. The highest BCUT2D eigenvalue weighted by Gasteiger charge is 2.64. The molecule has 0 aromatic rings. The predicted octanol–water partition coefficient (Wildman–Crippen LogP) is 2.47. The molecule has 3 heterocycles. The van der Waals surface area contributed by atoms with Crippen LogP contribution in [0.15, 0.2) is 33.6 Å². The van der Waals surface area contributed by atoms with E-state index in [9.17, 15) is 14.7 Å². The molecule has 140 valence electrons. The van der Waals surface area contributed by atoms with Crippen molar-refractivity contribution in [3.05, 3.63) is 33.6 Å². The van der Waals surface area contributed by atoms with Crippen molar-refractivity contribution >= 4 is 17.5 Å². The smallest absolute Gasteiger partial charge is 0.339 e. The van der Waals surface area contributed by atoms with E-state index in [4.69, 9.17) is 4.74 Å². The maximum Gasteiger partial charge on any atom is 0.339 e. The van der Waals surface area contributed by atoms with Gasteiger partial charge in [0.2, 0.25) is 0 Å². The third-order valence-corrected chi connectivity index (χ3v) is 8.11. The van der Waals surface area contributed by atoms with Crippen LogP contribution in [0, 0.1) is 23.2 Å². The number of rotatable bonds is 0. The number of fused-ring (bicyclic) bond motifs is 3. The number of carbonyl (C=O) groups is 2. The first-order valence-electron chi connectivity index (χ1n) is 10.2. The molecule has 0 unspecified atom stereocenters. The topological polar surface area (TPSA) is 66.6 Å². The first-order valence-corrected chi connectivity index (χ1v) is 10.2. The van der Waals surface area contributed by atoms with Crippen molar-refractivity contribution in [3.63, 3.8) is 0 Å². The Morgan fingerprint density at radius 1 is 1.15 bits per heavy atom. The number of ether oxygens (including phenoxy) is 1. The summed E-state index contributed by atoms with van der Waals surface area (Å²) in [6.45, 7) is 6.65. The number of hydrogen-bond donors (Lipinski definition) is 1. The van der Waals surface area contributed by atoms with Gasteiger partial charge in [0.15, 0.2) is 11.5 Å². The molecule has 0 saturated heterocycles. The van der Waals surface area contributed by atoms with Gasteiger partial charge < -0.3 is 9.84 Å². The zero-order valence-electron chi connectivity index (χ0n) is 15.8. The lowest BCUT2D eigenvalue weighted by molar-refractivity contribution is -0.538. The van der Waals surface area contributed by atoms with E-state index in [1.165, 1.54) is 5.71 Å². The molecule has 0 fully saturated rings. The van der Waals surface area contributed by atoms with Gasteiger partial charge in [0.1, 0.15) is 18.8 Å². The molecule has 0 spiro atoms. The standard InChI is InChI=1S/C22H23NO4/c1-10-8-23-9-11-3-4-14(24)16-12-5-6-27-21(26)17(12)18-19(16)22(11,2)15(23)7-13(10)20(18)25/h10-11,13H,3-9H2,1-2H3/p+1/t10-,11-,13-,22-/m1/s1. The number of nitrogens with zero attached hydrogens (tertiary/aromatic N) is 1. The predicted molar refractivity (Wildman–Crippen MR) is 97.4 cm³/mol. The van der Waals surface area contributed by atoms with Crippen molar-refractivity contribution in [2.24, 2.45) is 23.2 Å². The van der Waals surface area contributed by atoms with Crippen LogP contribution in [0.2, 0.25) is 0 Å². The van der Waals surface area contributed by atoms with E-state index < -0.39 is 0 Å². The quantitative estimate of drug-likeness (QED) is 0.528. The molecule has 6 rings (SSSR count). The molecule has 0 aromatic heterocycles. The number of Topliss-reactive ketones (excluding diaryl/α,β-unsaturated/α-hetero) is 1. The maximum absolute atomic E-state index is 13.7. The van der Waals surface area contributed by atoms with Gasteiger partial charge in [0, 0.05) is 48.2 Å². The molecular weight excluding hydrogens is 342 g/mol. The third-order valence-electron chi connectivity index (χ3n) is 8.11. The SMILES string of the molecule is C[C@@H]1C[N+]2=C3C[C@H]1C(=O)C1=C4C(=C(O)CC[C@H](C2)[C@@]43C)C2=C1C(=O)OCC2. The lowest BCUT2D eigenvalue weighted by atomic mass is 9.66. The molecule has 1 N–H and O–H groups in total. The first kappa shape index (κ1) is 15.8. The van der Waals surface area contributed by atoms with Gasteiger partial charge in [-0.15, -0.1) is 0 Å². The van der Waals surface area contributed by atoms with Crippen LogP contribution in [0.5, 0.6) is 0 Å². The Hall–Kier alpha value is -2.17. The molecule has 0 radical (unpaired) electrons. The second kappa shape index (κ2) is 4.81. The lowest BCUT2D eigenvalue weighted by Gasteiger charge is -2.31. The van der Waals surface area contributed by atoms with Crippen LogP contribution in [0.3, 0.4) is 0 Å². The van der Waals surface area contributed by atoms with Crippen molar-refractivity contribution in [2.75, 3.05) is 19.7 Å². The summed E-state index contributed by atoms with van der Waals surface area (Å²) in [7, 11) is 0. The number of aliphatic hydroxyl groups excluding tert-OH is 1. The van der Waals surface area contributed by atoms with Crippen LogP contribution < -0.4 is 0 Å². The van der Waals surface area contributed by atoms with Gasteiger partial charge in [-0.3, -0.25) is 4.79 Å². The van der Waals surface area contributed by atoms with Gasteiger partial charge >= 0.3 is 5.97 Å². The second-order valence-electron chi connectivity index (χ2n) is 9.25. The average Bonchev–Trinajstić information content (AvgIpc) is 3.07. The van der Waals surface area contributed by atoms with Gasteiger partial charge in [0.05, 0.1) is 17.6 Å². The number of aliphatic hydroxyl groups is 1. The van der Waals surface area contributed by atoms with Gasteiger partial charge in [-0.25, -0.2) is 9.37 Å². The fourth-order valence-electron chi connectivity index (χ4n) is 6.79. The normalized spacial score (nSPS) is 39.7. The number of carbonyl (C=O) groups excluding carboxylic acids is 2. The second-order valence-corrected chi connectivity index (χ2v) is 9.25. The highest BCUT2D eigenvalue weighted by atomic mass is 16.5. The van der Waals surface area contributed by atoms with Crippen molar-refractivity contribution in [1.82, 2.24) is 0 Å². The molecule has 3 aliphatic heterocycles. The van der Waals surface area contributed by atoms with Crippen LogP contribution >= 0.6 is 0 Å². The lowest BCUT2D eigenvalue weighted by Crippen LogP contribution is -2.40. The fourth-order valence-corrected chi connectivity index (χ4v) is 6.79. The summed E-state index contributed by atoms with van der Waals surface area (Å²) in [6, 6.07) is 0. The zero-order chi connectivity index (χ0) is 18.7. The number of esters is 1. The van der Waals surface area contributed by atoms with Gasteiger partial charge in [0.25, 0.3) is 0 Å². The zero-order valence-corrected chi connectivity index (χ0v) is 15.8. The van der Waals surface area contributed by atoms with Crippen LogP contribution in [0.25, 0.3) is 0 Å². The van der Waals surface area contributed by atoms with E-state index in [1.54, 1.807) is 0 Å². The Balaban J connectivity index is 1.74. The van der Waals surface area contributed by atoms with Crippen molar-refractivity contribution in [2.45, 2.75) is 39.5 Å². The van der Waals surface area contributed by atoms with Crippen LogP contribution in [-0.2, 0) is 14.3 Å². The summed E-state index contributed by atoms with van der Waals surface area (Å²) in [5, 5.41) is 11.0. The Morgan fingerprint density at radius 2 is 1.96 bits per heavy atom. The van der Waals surface area contributed by atoms with Crippen molar-refractivity contribution in [1.29, 1.82) is 0 Å². The Morgan fingerprint density at radius 3 is 2.78 bits per heavy atom. The number of hydrogen-bond acceptors (Lipinski definition) is 4. The first-order chi connectivity index (χ1) is 12.9. The molecule has 3 aliphatic carbocycles. The molecule has 0 saturated carbocycles. The van der Waals surface area contributed by atoms with E-state index in [1.807, 2.05) is 0 Å². The minimum absolute atomic E-state index is 0.0776. The molecule has 0 aromatic carbocycles. The van der Waals surface area contributed by atoms with Crippen LogP contribution in [-0.4, -0.2) is 46.8 Å². The molecule has 5 nitrogen and oxygen atoms in total. The average molecular weight is 366 g/mol. The molecular formula is C22H24NO4+. The Labute approximate surface area is 158 Å². The summed E-state index contributed by atoms with van der Waals surface area (Å²) in [4.78, 5) is 26.5. The molecule has 5 heteroatoms. The summed E-state index contributed by atoms with van der Waals surface area (Å²) < 4.78 is 7.85. The minimum Gasteiger partial charge on any atom is -0.512 e. The number of cyclic esters (lactones) is 1. The number of ketones is 1. The summed E-state index contributed by atoms with van der Waals surface area (Å²) >= 11 is 0. The summed E-state index contributed by atoms with van der Waals surface area (Å²) in [5.74, 6) is 0.627. The largest absolute Gasteiger partial charge is 0.512 e. The summed E-state index contributed by atoms with van der Waals surface area (Å²) in [5.41, 5.74) is 4.75. The van der Waals surface area contributed by atoms with Gasteiger partial charge in [-0.2, -0.15) is 0 Å². The Bertz CT molecular complexity index is 978. The van der Waals surface area contributed by atoms with Crippen molar-refractivity contribution < 1.29 is 24.0 Å². The monoisotopic (exact) mass is 366 g/mol. The fraction of sp³-hybridized carbons (Fsp3) is 0.591. The van der Waals surface area contributed by atoms with E-state index in [0.717, 1.165) is 42.7 Å². The molecule has 2 bridgehead atoms. The summed E-state index contributed by atoms with van der Waals surface area (Å²) in [6.07, 6.45) is 2.90. The minimum atomic E-state index is -0.385. The molecule has 27 heavy (non-hydrogen) atoms. The highest BCUT2D eigenvalue weighted by Crippen LogP contribution is 2.60. The number of allylic oxidation sites excluding steroid dienone is 3. The van der Waals surface area contributed by atoms with Crippen LogP contribution in [0.1, 0.15) is 39.5 Å². The van der Waals surface area contributed by atoms with E-state index in [2.05, 4.69) is 18.4 Å².